The van der Waals surface area contributed by atoms with Gasteiger partial charge >= 0.3 is 29.8 Å². The van der Waals surface area contributed by atoms with Gasteiger partial charge in [0.05, 0.1) is 55.0 Å². The first-order chi connectivity index (χ1) is 32.5. The molecule has 5 aromatic rings. The topological polar surface area (TPSA) is 174 Å². The van der Waals surface area contributed by atoms with Crippen molar-refractivity contribution in [1.82, 2.24) is 0 Å². The highest BCUT2D eigenvalue weighted by Crippen LogP contribution is 2.38. The van der Waals surface area contributed by atoms with Gasteiger partial charge < -0.3 is 33.2 Å². The van der Waals surface area contributed by atoms with E-state index in [1.54, 1.807) is 48.5 Å². The zero-order valence-corrected chi connectivity index (χ0v) is 37.5. The maximum atomic E-state index is 13.6. The van der Waals surface area contributed by atoms with Gasteiger partial charge in [0.2, 0.25) is 0 Å². The molecule has 0 spiro atoms. The number of nitrogens with one attached hydrogen (secondary N) is 1. The van der Waals surface area contributed by atoms with Crippen molar-refractivity contribution < 1.29 is 57.1 Å². The number of ether oxygens (including phenoxy) is 7. The fourth-order valence-corrected chi connectivity index (χ4v) is 6.22. The van der Waals surface area contributed by atoms with Gasteiger partial charge in [-0.3, -0.25) is 5.43 Å². The summed E-state index contributed by atoms with van der Waals surface area (Å²) < 4.78 is 39.2. The lowest BCUT2D eigenvalue weighted by atomic mass is 10.1. The number of carbonyl (C=O) groups excluding carboxylic acids is 5. The van der Waals surface area contributed by atoms with E-state index in [1.165, 1.54) is 25.3 Å². The largest absolute Gasteiger partial charge is 0.494 e. The normalized spacial score (nSPS) is 10.7. The Hall–Kier alpha value is -8.00. The number of rotatable bonds is 27. The van der Waals surface area contributed by atoms with Crippen molar-refractivity contribution in [2.75, 3.05) is 31.9 Å². The molecule has 14 nitrogen and oxygen atoms in total. The molecule has 0 aliphatic heterocycles. The van der Waals surface area contributed by atoms with Crippen LogP contribution in [0, 0.1) is 0 Å². The van der Waals surface area contributed by atoms with Crippen molar-refractivity contribution in [1.29, 1.82) is 0 Å². The van der Waals surface area contributed by atoms with Crippen LogP contribution in [0.15, 0.2) is 146 Å². The second kappa shape index (κ2) is 26.7. The van der Waals surface area contributed by atoms with Crippen LogP contribution in [0.1, 0.15) is 84.6 Å². The monoisotopic (exact) mass is 910 g/mol. The fraction of sp³-hybridized carbons (Fsp3) is 0.245. The van der Waals surface area contributed by atoms with Crippen molar-refractivity contribution in [3.8, 4) is 28.7 Å². The Morgan fingerprint density at radius 3 is 1.58 bits per heavy atom. The third kappa shape index (κ3) is 16.5. The van der Waals surface area contributed by atoms with Crippen LogP contribution in [-0.4, -0.2) is 62.5 Å². The molecule has 0 radical (unpaired) electrons. The molecule has 5 aromatic carbocycles. The first kappa shape index (κ1) is 50.0. The Kier molecular flexibility index (Phi) is 19.9. The number of esters is 5. The van der Waals surface area contributed by atoms with Crippen LogP contribution in [0.2, 0.25) is 0 Å². The van der Waals surface area contributed by atoms with Crippen LogP contribution >= 0.6 is 0 Å². The van der Waals surface area contributed by atoms with Crippen molar-refractivity contribution in [2.24, 2.45) is 5.10 Å². The number of fused-ring (bicyclic) bond motifs is 1. The van der Waals surface area contributed by atoms with E-state index in [1.807, 2.05) is 42.5 Å². The molecular weight excluding hydrogens is 857 g/mol. The number of carbonyl (C=O) groups is 5. The number of benzene rings is 5. The van der Waals surface area contributed by atoms with Crippen LogP contribution in [0.3, 0.4) is 0 Å². The van der Waals surface area contributed by atoms with Crippen molar-refractivity contribution in [3.63, 3.8) is 0 Å². The van der Waals surface area contributed by atoms with Gasteiger partial charge in [0, 0.05) is 17.7 Å². The lowest BCUT2D eigenvalue weighted by Gasteiger charge is -2.16. The third-order valence-corrected chi connectivity index (χ3v) is 9.82. The van der Waals surface area contributed by atoms with E-state index in [0.29, 0.717) is 43.6 Å². The summed E-state index contributed by atoms with van der Waals surface area (Å²) in [6, 6.07) is 29.0. The fourth-order valence-electron chi connectivity index (χ4n) is 6.22. The van der Waals surface area contributed by atoms with Crippen LogP contribution in [-0.2, 0) is 23.9 Å². The molecule has 348 valence electrons. The first-order valence-corrected chi connectivity index (χ1v) is 21.9. The van der Waals surface area contributed by atoms with E-state index in [0.717, 1.165) is 74.3 Å². The van der Waals surface area contributed by atoms with Gasteiger partial charge in [0.25, 0.3) is 0 Å². The molecule has 0 aliphatic rings. The summed E-state index contributed by atoms with van der Waals surface area (Å²) in [6.07, 6.45) is 10.1. The number of hydrogen-bond donors (Lipinski definition) is 1. The summed E-state index contributed by atoms with van der Waals surface area (Å²) in [7, 11) is 0. The lowest BCUT2D eigenvalue weighted by molar-refractivity contribution is -0.138. The highest BCUT2D eigenvalue weighted by Gasteiger charge is 2.24. The molecule has 0 bridgehead atoms. The van der Waals surface area contributed by atoms with E-state index in [2.05, 4.69) is 30.3 Å². The van der Waals surface area contributed by atoms with Crippen LogP contribution in [0.25, 0.3) is 10.8 Å². The Labute approximate surface area is 389 Å². The zero-order chi connectivity index (χ0) is 47.8. The maximum Gasteiger partial charge on any atom is 0.343 e. The number of hydrazone groups is 1. The van der Waals surface area contributed by atoms with Crippen LogP contribution < -0.4 is 29.1 Å². The smallest absolute Gasteiger partial charge is 0.343 e. The van der Waals surface area contributed by atoms with Crippen LogP contribution in [0.4, 0.5) is 5.69 Å². The van der Waals surface area contributed by atoms with Gasteiger partial charge in [-0.1, -0.05) is 50.1 Å². The SMILES string of the molecule is C=CC(=O)OCCCCCCOc1ccc(C(=O)Oc2ccc(OC(=O)c3ccc(OCCCCCCOC(=O)C=C)cc3)c(OC(=O)C(=C)C)c2/C=N/Nc2ccc3ccccc3c2)cc1. The Morgan fingerprint density at radius 2 is 1.06 bits per heavy atom. The molecule has 0 aromatic heterocycles. The van der Waals surface area contributed by atoms with Gasteiger partial charge in [-0.25, -0.2) is 24.0 Å². The average molecular weight is 911 g/mol. The van der Waals surface area contributed by atoms with Crippen molar-refractivity contribution in [3.05, 3.63) is 157 Å². The molecule has 0 atom stereocenters. The Bertz CT molecular complexity index is 2550. The molecule has 0 fully saturated rings. The van der Waals surface area contributed by atoms with Gasteiger partial charge in [0.15, 0.2) is 11.5 Å². The maximum absolute atomic E-state index is 13.6. The molecule has 67 heavy (non-hydrogen) atoms. The molecule has 0 amide bonds. The van der Waals surface area contributed by atoms with Crippen molar-refractivity contribution in [2.45, 2.75) is 58.3 Å². The second-order valence-electron chi connectivity index (χ2n) is 15.0. The summed E-state index contributed by atoms with van der Waals surface area (Å²) in [6.45, 7) is 13.5. The van der Waals surface area contributed by atoms with E-state index >= 15 is 0 Å². The average Bonchev–Trinajstić information content (AvgIpc) is 3.34. The highest BCUT2D eigenvalue weighted by atomic mass is 16.6. The quantitative estimate of drug-likeness (QED) is 0.0132. The molecule has 14 heteroatoms. The zero-order valence-electron chi connectivity index (χ0n) is 37.5. The molecule has 5 rings (SSSR count). The van der Waals surface area contributed by atoms with E-state index < -0.39 is 29.8 Å². The third-order valence-electron chi connectivity index (χ3n) is 9.82. The molecular formula is C53H54N2O12. The van der Waals surface area contributed by atoms with Crippen LogP contribution in [0.5, 0.6) is 28.7 Å². The molecule has 0 saturated carbocycles. The van der Waals surface area contributed by atoms with Gasteiger partial charge in [-0.2, -0.15) is 5.10 Å². The number of hydrogen-bond acceptors (Lipinski definition) is 14. The molecule has 0 heterocycles. The van der Waals surface area contributed by atoms with E-state index in [9.17, 15) is 24.0 Å². The summed E-state index contributed by atoms with van der Waals surface area (Å²) >= 11 is 0. The summed E-state index contributed by atoms with van der Waals surface area (Å²) in [4.78, 5) is 62.7. The predicted molar refractivity (Wildman–Crippen MR) is 255 cm³/mol. The highest BCUT2D eigenvalue weighted by molar-refractivity contribution is 5.98. The minimum atomic E-state index is -0.833. The molecule has 0 aliphatic carbocycles. The summed E-state index contributed by atoms with van der Waals surface area (Å²) in [5.41, 5.74) is 4.04. The van der Waals surface area contributed by atoms with Crippen molar-refractivity contribution >= 4 is 52.5 Å². The van der Waals surface area contributed by atoms with E-state index in [-0.39, 0.29) is 39.5 Å². The van der Waals surface area contributed by atoms with Gasteiger partial charge in [-0.05, 0) is 142 Å². The summed E-state index contributed by atoms with van der Waals surface area (Å²) in [5, 5.41) is 6.40. The van der Waals surface area contributed by atoms with Gasteiger partial charge in [-0.15, -0.1) is 0 Å². The Morgan fingerprint density at radius 1 is 0.567 bits per heavy atom. The number of anilines is 1. The first-order valence-electron chi connectivity index (χ1n) is 21.9. The molecule has 0 unspecified atom stereocenters. The molecule has 0 saturated heterocycles. The van der Waals surface area contributed by atoms with E-state index in [4.69, 9.17) is 33.2 Å². The number of nitrogens with zero attached hydrogens (tertiary/aromatic N) is 1. The van der Waals surface area contributed by atoms with Gasteiger partial charge in [0.1, 0.15) is 17.2 Å². The standard InChI is InChI=1S/C53H54N2O12/c1-5-48(56)63-33-15-9-7-13-31-61-43-25-20-39(21-26-43)52(59)65-46-29-30-47(66-53(60)40-22-27-44(28-23-40)62-32-14-8-10-16-34-64-49(57)6-2)50(67-51(58)37(3)4)45(46)36-54-55-42-24-19-38-17-11-12-18-41(38)35-42/h5-6,11-12,17-30,35-36,55H,1-3,7-10,13-16,31-34H2,4H3/b54-36+. The second-order valence-corrected chi connectivity index (χ2v) is 15.0. The number of unbranched alkanes of at least 4 members (excludes halogenated alkanes) is 6. The minimum Gasteiger partial charge on any atom is -0.494 e. The minimum absolute atomic E-state index is 0.00175. The lowest BCUT2D eigenvalue weighted by Crippen LogP contribution is -2.16. The Balaban J connectivity index is 1.30. The molecule has 1 N–H and O–H groups in total. The predicted octanol–water partition coefficient (Wildman–Crippen LogP) is 10.5. The summed E-state index contributed by atoms with van der Waals surface area (Å²) in [5.74, 6) is -2.59.